The van der Waals surface area contributed by atoms with E-state index in [1.165, 1.54) is 11.3 Å². The van der Waals surface area contributed by atoms with Gasteiger partial charge in [0.2, 0.25) is 5.13 Å². The van der Waals surface area contributed by atoms with Crippen molar-refractivity contribution in [2.45, 2.75) is 16.8 Å². The first-order valence-corrected chi connectivity index (χ1v) is 9.11. The Balaban J connectivity index is 2.00. The van der Waals surface area contributed by atoms with Crippen LogP contribution in [0, 0.1) is 0 Å². The minimum Gasteiger partial charge on any atom is -0.481 e. The van der Waals surface area contributed by atoms with Gasteiger partial charge < -0.3 is 10.0 Å². The standard InChI is InChI=1S/C9H13N3O4S3/c1-12(6-2-3-19(15,16)5-6)8-10-11-9(18-8)17-4-7(13)14/h6H,2-5H2,1H3,(H,13,14). The fourth-order valence-electron chi connectivity index (χ4n) is 1.76. The third-order valence-electron chi connectivity index (χ3n) is 2.77. The molecule has 0 amide bonds. The number of nitrogens with zero attached hydrogens (tertiary/aromatic N) is 3. The summed E-state index contributed by atoms with van der Waals surface area (Å²) < 4.78 is 23.4. The zero-order chi connectivity index (χ0) is 14.0. The summed E-state index contributed by atoms with van der Waals surface area (Å²) in [7, 11) is -1.14. The lowest BCUT2D eigenvalue weighted by Crippen LogP contribution is -2.32. The van der Waals surface area contributed by atoms with Crippen LogP contribution >= 0.6 is 23.1 Å². The maximum Gasteiger partial charge on any atom is 0.313 e. The van der Waals surface area contributed by atoms with Crippen LogP contribution in [0.25, 0.3) is 0 Å². The molecule has 0 saturated carbocycles. The molecule has 0 radical (unpaired) electrons. The molecule has 19 heavy (non-hydrogen) atoms. The Bertz CT molecular complexity index is 571. The number of carboxylic acids is 1. The predicted octanol–water partition coefficient (Wildman–Crippen LogP) is 0.338. The number of aromatic nitrogens is 2. The molecule has 1 aliphatic rings. The van der Waals surface area contributed by atoms with Gasteiger partial charge in [-0.05, 0) is 6.42 Å². The third kappa shape index (κ3) is 3.80. The average Bonchev–Trinajstić information content (AvgIpc) is 2.92. The molecule has 0 aliphatic carbocycles. The molecule has 2 heterocycles. The van der Waals surface area contributed by atoms with Crippen molar-refractivity contribution >= 4 is 44.0 Å². The molecule has 1 fully saturated rings. The van der Waals surface area contributed by atoms with Crippen molar-refractivity contribution < 1.29 is 18.3 Å². The van der Waals surface area contributed by atoms with E-state index in [2.05, 4.69) is 10.2 Å². The van der Waals surface area contributed by atoms with Crippen LogP contribution in [-0.4, -0.2) is 60.0 Å². The van der Waals surface area contributed by atoms with Crippen molar-refractivity contribution in [2.75, 3.05) is 29.2 Å². The summed E-state index contributed by atoms with van der Waals surface area (Å²) in [4.78, 5) is 12.3. The molecule has 2 rings (SSSR count). The van der Waals surface area contributed by atoms with E-state index in [1.807, 2.05) is 4.90 Å². The summed E-state index contributed by atoms with van der Waals surface area (Å²) in [5.41, 5.74) is 0. The van der Waals surface area contributed by atoms with Crippen LogP contribution in [0.4, 0.5) is 5.13 Å². The molecule has 0 spiro atoms. The highest BCUT2D eigenvalue weighted by Crippen LogP contribution is 2.30. The average molecular weight is 323 g/mol. The van der Waals surface area contributed by atoms with E-state index in [0.717, 1.165) is 11.8 Å². The number of rotatable bonds is 5. The summed E-state index contributed by atoms with van der Waals surface area (Å²) in [6, 6.07) is -0.0738. The molecule has 1 aromatic rings. The molecule has 0 aromatic carbocycles. The zero-order valence-corrected chi connectivity index (χ0v) is 12.6. The zero-order valence-electron chi connectivity index (χ0n) is 10.1. The van der Waals surface area contributed by atoms with Crippen molar-refractivity contribution in [3.05, 3.63) is 0 Å². The predicted molar refractivity (Wildman–Crippen MR) is 73.7 cm³/mol. The minimum atomic E-state index is -2.93. The lowest BCUT2D eigenvalue weighted by atomic mass is 10.2. The van der Waals surface area contributed by atoms with E-state index in [1.54, 1.807) is 7.05 Å². The monoisotopic (exact) mass is 323 g/mol. The van der Waals surface area contributed by atoms with Crippen LogP contribution in [0.1, 0.15) is 6.42 Å². The van der Waals surface area contributed by atoms with Crippen LogP contribution in [-0.2, 0) is 14.6 Å². The lowest BCUT2D eigenvalue weighted by Gasteiger charge is -2.21. The lowest BCUT2D eigenvalue weighted by molar-refractivity contribution is -0.133. The first-order chi connectivity index (χ1) is 8.87. The van der Waals surface area contributed by atoms with Gasteiger partial charge in [-0.3, -0.25) is 4.79 Å². The molecule has 10 heteroatoms. The number of sulfone groups is 1. The van der Waals surface area contributed by atoms with Gasteiger partial charge in [-0.15, -0.1) is 10.2 Å². The van der Waals surface area contributed by atoms with Crippen molar-refractivity contribution in [1.82, 2.24) is 10.2 Å². The number of hydrogen-bond donors (Lipinski definition) is 1. The van der Waals surface area contributed by atoms with Crippen molar-refractivity contribution in [3.63, 3.8) is 0 Å². The second-order valence-corrected chi connectivity index (χ2v) is 8.61. The van der Waals surface area contributed by atoms with E-state index in [0.29, 0.717) is 15.9 Å². The number of carbonyl (C=O) groups is 1. The number of anilines is 1. The fourth-order valence-corrected chi connectivity index (χ4v) is 5.13. The minimum absolute atomic E-state index is 0.0594. The molecule has 106 valence electrons. The van der Waals surface area contributed by atoms with Gasteiger partial charge in [0.15, 0.2) is 14.2 Å². The maximum absolute atomic E-state index is 11.4. The summed E-state index contributed by atoms with van der Waals surface area (Å²) in [5, 5.41) is 17.1. The van der Waals surface area contributed by atoms with Crippen LogP contribution < -0.4 is 4.90 Å². The van der Waals surface area contributed by atoms with Gasteiger partial charge in [-0.1, -0.05) is 23.1 Å². The normalized spacial score (nSPS) is 21.4. The van der Waals surface area contributed by atoms with Gasteiger partial charge in [-0.2, -0.15) is 0 Å². The van der Waals surface area contributed by atoms with Crippen molar-refractivity contribution in [1.29, 1.82) is 0 Å². The van der Waals surface area contributed by atoms with E-state index in [4.69, 9.17) is 5.11 Å². The number of carboxylic acid groups (broad SMARTS) is 1. The molecular formula is C9H13N3O4S3. The quantitative estimate of drug-likeness (QED) is 0.774. The Labute approximate surface area is 118 Å². The first kappa shape index (κ1) is 14.5. The van der Waals surface area contributed by atoms with Crippen LogP contribution in [0.5, 0.6) is 0 Å². The topological polar surface area (TPSA) is 100 Å². The molecular weight excluding hydrogens is 310 g/mol. The molecule has 1 atom stereocenters. The van der Waals surface area contributed by atoms with E-state index in [9.17, 15) is 13.2 Å². The second-order valence-electron chi connectivity index (χ2n) is 4.20. The van der Waals surface area contributed by atoms with Crippen molar-refractivity contribution in [3.8, 4) is 0 Å². The van der Waals surface area contributed by atoms with E-state index >= 15 is 0 Å². The van der Waals surface area contributed by atoms with Gasteiger partial charge in [0.1, 0.15) is 0 Å². The molecule has 1 aliphatic heterocycles. The SMILES string of the molecule is CN(c1nnc(SCC(=O)O)s1)C1CCS(=O)(=O)C1. The summed E-state index contributed by atoms with van der Waals surface area (Å²) in [6.07, 6.45) is 0.593. The summed E-state index contributed by atoms with van der Waals surface area (Å²) in [5.74, 6) is -0.616. The largest absolute Gasteiger partial charge is 0.481 e. The van der Waals surface area contributed by atoms with Gasteiger partial charge in [0.25, 0.3) is 0 Å². The van der Waals surface area contributed by atoms with E-state index in [-0.39, 0.29) is 23.3 Å². The Morgan fingerprint density at radius 3 is 2.89 bits per heavy atom. The molecule has 7 nitrogen and oxygen atoms in total. The fraction of sp³-hybridized carbons (Fsp3) is 0.667. The number of hydrogen-bond acceptors (Lipinski definition) is 8. The van der Waals surface area contributed by atoms with Crippen LogP contribution in [0.3, 0.4) is 0 Å². The van der Waals surface area contributed by atoms with Crippen LogP contribution in [0.2, 0.25) is 0 Å². The van der Waals surface area contributed by atoms with Gasteiger partial charge in [0.05, 0.1) is 17.3 Å². The highest BCUT2D eigenvalue weighted by atomic mass is 32.2. The van der Waals surface area contributed by atoms with Gasteiger partial charge >= 0.3 is 5.97 Å². The number of thioether (sulfide) groups is 1. The second kappa shape index (κ2) is 5.63. The Morgan fingerprint density at radius 1 is 1.58 bits per heavy atom. The highest BCUT2D eigenvalue weighted by molar-refractivity contribution is 8.01. The molecule has 1 N–H and O–H groups in total. The van der Waals surface area contributed by atoms with E-state index < -0.39 is 15.8 Å². The Morgan fingerprint density at radius 2 is 2.32 bits per heavy atom. The summed E-state index contributed by atoms with van der Waals surface area (Å²) in [6.45, 7) is 0. The number of aliphatic carboxylic acids is 1. The summed E-state index contributed by atoms with van der Waals surface area (Å²) >= 11 is 2.39. The maximum atomic E-state index is 11.4. The first-order valence-electron chi connectivity index (χ1n) is 5.49. The highest BCUT2D eigenvalue weighted by Gasteiger charge is 2.32. The molecule has 1 saturated heterocycles. The van der Waals surface area contributed by atoms with Gasteiger partial charge in [0, 0.05) is 13.1 Å². The van der Waals surface area contributed by atoms with Crippen molar-refractivity contribution in [2.24, 2.45) is 0 Å². The third-order valence-corrected chi connectivity index (χ3v) is 6.66. The Hall–Kier alpha value is -0.870. The smallest absolute Gasteiger partial charge is 0.313 e. The molecule has 1 unspecified atom stereocenters. The van der Waals surface area contributed by atoms with Crippen LogP contribution in [0.15, 0.2) is 4.34 Å². The van der Waals surface area contributed by atoms with Gasteiger partial charge in [-0.25, -0.2) is 8.42 Å². The molecule has 0 bridgehead atoms. The molecule has 1 aromatic heterocycles. The Kier molecular flexibility index (Phi) is 4.31.